The molecule has 0 aliphatic rings. The topological polar surface area (TPSA) is 50.9 Å². The van der Waals surface area contributed by atoms with Crippen LogP contribution in [0.25, 0.3) is 5.69 Å². The van der Waals surface area contributed by atoms with Gasteiger partial charge in [0, 0.05) is 5.56 Å². The van der Waals surface area contributed by atoms with Crippen LogP contribution in [0.15, 0.2) is 12.1 Å². The van der Waals surface area contributed by atoms with E-state index in [9.17, 15) is 9.50 Å². The molecule has 0 radical (unpaired) electrons. The van der Waals surface area contributed by atoms with Crippen LogP contribution < -0.4 is 0 Å². The summed E-state index contributed by atoms with van der Waals surface area (Å²) < 4.78 is 15.2. The zero-order chi connectivity index (χ0) is 13.4. The summed E-state index contributed by atoms with van der Waals surface area (Å²) in [5.41, 5.74) is 1.69. The molecule has 0 bridgehead atoms. The Kier molecular flexibility index (Phi) is 3.17. The minimum atomic E-state index is -0.765. The highest BCUT2D eigenvalue weighted by molar-refractivity contribution is 5.45. The van der Waals surface area contributed by atoms with Gasteiger partial charge in [0.1, 0.15) is 17.5 Å². The van der Waals surface area contributed by atoms with Gasteiger partial charge in [-0.3, -0.25) is 0 Å². The first-order valence-corrected chi connectivity index (χ1v) is 5.79. The summed E-state index contributed by atoms with van der Waals surface area (Å²) in [5, 5.41) is 14.0. The summed E-state index contributed by atoms with van der Waals surface area (Å²) in [7, 11) is 0. The van der Waals surface area contributed by atoms with E-state index in [1.807, 2.05) is 6.92 Å². The number of aromatic nitrogens is 3. The molecule has 0 unspecified atom stereocenters. The van der Waals surface area contributed by atoms with Crippen molar-refractivity contribution in [3.05, 3.63) is 40.7 Å². The van der Waals surface area contributed by atoms with Gasteiger partial charge in [-0.1, -0.05) is 0 Å². The van der Waals surface area contributed by atoms with Crippen molar-refractivity contribution in [3.63, 3.8) is 0 Å². The van der Waals surface area contributed by atoms with Crippen molar-refractivity contribution in [3.8, 4) is 5.69 Å². The number of halogens is 1. The van der Waals surface area contributed by atoms with Crippen LogP contribution in [0, 0.1) is 26.6 Å². The van der Waals surface area contributed by atoms with Gasteiger partial charge in [-0.25, -0.2) is 14.1 Å². The zero-order valence-corrected chi connectivity index (χ0v) is 10.9. The number of hydrogen-bond acceptors (Lipinski definition) is 3. The molecule has 0 aliphatic heterocycles. The predicted octanol–water partition coefficient (Wildman–Crippen LogP) is 2.38. The van der Waals surface area contributed by atoms with Crippen molar-refractivity contribution in [2.45, 2.75) is 33.8 Å². The molecule has 0 saturated carbocycles. The summed E-state index contributed by atoms with van der Waals surface area (Å²) in [6.07, 6.45) is -0.765. The first-order valence-electron chi connectivity index (χ1n) is 5.79. The second-order valence-corrected chi connectivity index (χ2v) is 4.45. The molecule has 5 heteroatoms. The summed E-state index contributed by atoms with van der Waals surface area (Å²) in [4.78, 5) is 4.22. The third-order valence-corrected chi connectivity index (χ3v) is 2.86. The van der Waals surface area contributed by atoms with Crippen LogP contribution in [0.5, 0.6) is 0 Å². The van der Waals surface area contributed by atoms with E-state index in [4.69, 9.17) is 0 Å². The molecule has 1 heterocycles. The molecule has 4 nitrogen and oxygen atoms in total. The number of hydrogen-bond donors (Lipinski definition) is 1. The maximum atomic E-state index is 13.6. The minimum absolute atomic E-state index is 0.329. The molecule has 2 aromatic rings. The van der Waals surface area contributed by atoms with Gasteiger partial charge in [0.05, 0.1) is 11.8 Å². The molecule has 96 valence electrons. The molecule has 1 aromatic carbocycles. The summed E-state index contributed by atoms with van der Waals surface area (Å²) in [6.45, 7) is 6.91. The second-order valence-electron chi connectivity index (χ2n) is 4.45. The van der Waals surface area contributed by atoms with E-state index in [1.54, 1.807) is 31.5 Å². The highest BCUT2D eigenvalue weighted by Crippen LogP contribution is 2.25. The van der Waals surface area contributed by atoms with Crippen LogP contribution in [0.1, 0.15) is 35.8 Å². The van der Waals surface area contributed by atoms with E-state index in [2.05, 4.69) is 10.1 Å². The second kappa shape index (κ2) is 4.49. The fraction of sp³-hybridized carbons (Fsp3) is 0.385. The smallest absolute Gasteiger partial charge is 0.148 e. The largest absolute Gasteiger partial charge is 0.389 e. The first-order chi connectivity index (χ1) is 8.40. The van der Waals surface area contributed by atoms with Crippen molar-refractivity contribution in [1.82, 2.24) is 14.8 Å². The number of nitrogens with zero attached hydrogens (tertiary/aromatic N) is 3. The van der Waals surface area contributed by atoms with Gasteiger partial charge in [0.15, 0.2) is 0 Å². The van der Waals surface area contributed by atoms with Gasteiger partial charge in [-0.15, -0.1) is 0 Å². The predicted molar refractivity (Wildman–Crippen MR) is 66.2 cm³/mol. The van der Waals surface area contributed by atoms with Crippen LogP contribution in [-0.2, 0) is 0 Å². The van der Waals surface area contributed by atoms with Gasteiger partial charge in [-0.05, 0) is 45.4 Å². The molecule has 1 N–H and O–H groups in total. The van der Waals surface area contributed by atoms with E-state index >= 15 is 0 Å². The summed E-state index contributed by atoms with van der Waals surface area (Å²) in [6, 6.07) is 3.03. The van der Waals surface area contributed by atoms with Crippen LogP contribution in [0.4, 0.5) is 4.39 Å². The highest BCUT2D eigenvalue weighted by atomic mass is 19.1. The molecule has 0 amide bonds. The van der Waals surface area contributed by atoms with Crippen molar-refractivity contribution in [2.24, 2.45) is 0 Å². The SMILES string of the molecule is Cc1nc(C)n(-c2cc(C)c(F)cc2[C@H](C)O)n1. The van der Waals surface area contributed by atoms with E-state index < -0.39 is 6.10 Å². The summed E-state index contributed by atoms with van der Waals surface area (Å²) in [5.74, 6) is 1.02. The summed E-state index contributed by atoms with van der Waals surface area (Å²) >= 11 is 0. The molecule has 18 heavy (non-hydrogen) atoms. The Morgan fingerprint density at radius 3 is 2.44 bits per heavy atom. The molecule has 0 spiro atoms. The average molecular weight is 249 g/mol. The van der Waals surface area contributed by atoms with E-state index in [1.165, 1.54) is 6.07 Å². The molecule has 0 fully saturated rings. The third-order valence-electron chi connectivity index (χ3n) is 2.86. The van der Waals surface area contributed by atoms with Crippen LogP contribution >= 0.6 is 0 Å². The lowest BCUT2D eigenvalue weighted by atomic mass is 10.0. The molecule has 1 aromatic heterocycles. The van der Waals surface area contributed by atoms with Crippen molar-refractivity contribution in [2.75, 3.05) is 0 Å². The number of benzene rings is 1. The van der Waals surface area contributed by atoms with Crippen LogP contribution in [0.2, 0.25) is 0 Å². The normalized spacial score (nSPS) is 12.8. The van der Waals surface area contributed by atoms with Crippen LogP contribution in [-0.4, -0.2) is 19.9 Å². The quantitative estimate of drug-likeness (QED) is 0.889. The fourth-order valence-electron chi connectivity index (χ4n) is 1.95. The Labute approximate surface area is 105 Å². The Morgan fingerprint density at radius 2 is 1.94 bits per heavy atom. The zero-order valence-electron chi connectivity index (χ0n) is 10.9. The van der Waals surface area contributed by atoms with Gasteiger partial charge in [-0.2, -0.15) is 5.10 Å². The van der Waals surface area contributed by atoms with Gasteiger partial charge >= 0.3 is 0 Å². The lowest BCUT2D eigenvalue weighted by molar-refractivity contribution is 0.198. The van der Waals surface area contributed by atoms with E-state index in [-0.39, 0.29) is 5.82 Å². The van der Waals surface area contributed by atoms with Crippen molar-refractivity contribution < 1.29 is 9.50 Å². The molecular formula is C13H16FN3O. The Bertz CT molecular complexity index is 590. The number of aliphatic hydroxyl groups excluding tert-OH is 1. The van der Waals surface area contributed by atoms with Crippen LogP contribution in [0.3, 0.4) is 0 Å². The third kappa shape index (κ3) is 2.13. The number of rotatable bonds is 2. The number of aryl methyl sites for hydroxylation is 3. The Balaban J connectivity index is 2.69. The standard InChI is InChI=1S/C13H16FN3O/c1-7-5-13(11(8(2)18)6-12(7)14)17-10(4)15-9(3)16-17/h5-6,8,18H,1-4H3/t8-/m0/s1. The molecular weight excluding hydrogens is 233 g/mol. The molecule has 0 aliphatic carbocycles. The Morgan fingerprint density at radius 1 is 1.28 bits per heavy atom. The van der Waals surface area contributed by atoms with E-state index in [0.29, 0.717) is 28.5 Å². The monoisotopic (exact) mass is 249 g/mol. The Hall–Kier alpha value is -1.75. The van der Waals surface area contributed by atoms with Gasteiger partial charge in [0.2, 0.25) is 0 Å². The van der Waals surface area contributed by atoms with Gasteiger partial charge in [0.25, 0.3) is 0 Å². The minimum Gasteiger partial charge on any atom is -0.389 e. The first kappa shape index (κ1) is 12.7. The average Bonchev–Trinajstić information content (AvgIpc) is 2.61. The van der Waals surface area contributed by atoms with Gasteiger partial charge < -0.3 is 5.11 Å². The lowest BCUT2D eigenvalue weighted by Gasteiger charge is -2.14. The van der Waals surface area contributed by atoms with Crippen molar-refractivity contribution in [1.29, 1.82) is 0 Å². The maximum Gasteiger partial charge on any atom is 0.148 e. The maximum absolute atomic E-state index is 13.6. The lowest BCUT2D eigenvalue weighted by Crippen LogP contribution is -2.07. The highest BCUT2D eigenvalue weighted by Gasteiger charge is 2.16. The number of aliphatic hydroxyl groups is 1. The molecule has 1 atom stereocenters. The molecule has 0 saturated heterocycles. The fourth-order valence-corrected chi connectivity index (χ4v) is 1.95. The van der Waals surface area contributed by atoms with Crippen molar-refractivity contribution >= 4 is 0 Å². The van der Waals surface area contributed by atoms with E-state index in [0.717, 1.165) is 0 Å². The molecule has 2 rings (SSSR count).